The van der Waals surface area contributed by atoms with E-state index >= 15 is 0 Å². The van der Waals surface area contributed by atoms with Crippen LogP contribution < -0.4 is 4.72 Å². The Hall–Kier alpha value is -2.06. The van der Waals surface area contributed by atoms with Crippen LogP contribution in [0, 0.1) is 0 Å². The molecular formula is C21H15Cl3F7N3O2S. The smallest absolute Gasteiger partial charge is 0.237 e. The van der Waals surface area contributed by atoms with Crippen molar-refractivity contribution in [3.05, 3.63) is 68.9 Å². The highest BCUT2D eigenvalue weighted by Gasteiger charge is 2.73. The number of alkyl halides is 7. The summed E-state index contributed by atoms with van der Waals surface area (Å²) in [5.74, 6) is -0.146. The molecular weight excluding hydrogens is 598 g/mol. The minimum absolute atomic E-state index is 0.112. The van der Waals surface area contributed by atoms with E-state index in [9.17, 15) is 39.2 Å². The van der Waals surface area contributed by atoms with Gasteiger partial charge in [0.15, 0.2) is 0 Å². The third kappa shape index (κ3) is 5.85. The first kappa shape index (κ1) is 29.5. The van der Waals surface area contributed by atoms with Gasteiger partial charge in [-0.25, -0.2) is 22.2 Å². The Morgan fingerprint density at radius 1 is 0.892 bits per heavy atom. The molecule has 16 heteroatoms. The second-order valence-electron chi connectivity index (χ2n) is 7.65. The minimum atomic E-state index is -6.34. The van der Waals surface area contributed by atoms with Crippen LogP contribution in [0.4, 0.5) is 30.7 Å². The summed E-state index contributed by atoms with van der Waals surface area (Å²) in [6.45, 7) is 1.34. The summed E-state index contributed by atoms with van der Waals surface area (Å²) in [6.07, 6.45) is -10.1. The Kier molecular flexibility index (Phi) is 8.17. The van der Waals surface area contributed by atoms with E-state index in [1.54, 1.807) is 12.1 Å². The topological polar surface area (TPSA) is 64.0 Å². The molecule has 0 bridgehead atoms. The molecule has 0 atom stereocenters. The molecule has 0 aliphatic carbocycles. The predicted molar refractivity (Wildman–Crippen MR) is 125 cm³/mol. The Labute approximate surface area is 221 Å². The molecule has 0 unspecified atom stereocenters. The van der Waals surface area contributed by atoms with Crippen molar-refractivity contribution in [3.63, 3.8) is 0 Å². The third-order valence-electron chi connectivity index (χ3n) is 5.25. The summed E-state index contributed by atoms with van der Waals surface area (Å²) in [6, 6.07) is 4.99. The number of rotatable bonds is 7. The lowest BCUT2D eigenvalue weighted by molar-refractivity contribution is -0.348. The fourth-order valence-corrected chi connectivity index (χ4v) is 4.67. The number of benzene rings is 2. The second-order valence-corrected chi connectivity index (χ2v) is 11.0. The van der Waals surface area contributed by atoms with E-state index in [1.807, 2.05) is 0 Å². The van der Waals surface area contributed by atoms with Crippen molar-refractivity contribution in [2.75, 3.05) is 5.75 Å². The van der Waals surface area contributed by atoms with Gasteiger partial charge in [-0.1, -0.05) is 40.9 Å². The summed E-state index contributed by atoms with van der Waals surface area (Å²) in [7, 11) is -3.51. The predicted octanol–water partition coefficient (Wildman–Crippen LogP) is 7.23. The Balaban J connectivity index is 2.01. The SMILES string of the molecule is CCS(=O)(=O)NCc1cc(-c2cnn(-c3c(Cl)cc(C(F)(C(F)(F)F)C(F)(F)F)cc3Cl)c2)ccc1Cl. The van der Waals surface area contributed by atoms with Crippen molar-refractivity contribution < 1.29 is 39.2 Å². The van der Waals surface area contributed by atoms with Gasteiger partial charge in [0, 0.05) is 28.9 Å². The van der Waals surface area contributed by atoms with E-state index in [0.29, 0.717) is 16.7 Å². The number of halogens is 10. The zero-order valence-electron chi connectivity index (χ0n) is 18.4. The second kappa shape index (κ2) is 10.3. The van der Waals surface area contributed by atoms with Crippen LogP contribution in [0.15, 0.2) is 42.7 Å². The highest BCUT2D eigenvalue weighted by Crippen LogP contribution is 2.54. The van der Waals surface area contributed by atoms with Gasteiger partial charge in [-0.05, 0) is 42.3 Å². The van der Waals surface area contributed by atoms with E-state index in [2.05, 4.69) is 9.82 Å². The van der Waals surface area contributed by atoms with Crippen molar-refractivity contribution in [1.29, 1.82) is 0 Å². The quantitative estimate of drug-likeness (QED) is 0.287. The molecule has 2 aromatic carbocycles. The fraction of sp³-hybridized carbons (Fsp3) is 0.286. The van der Waals surface area contributed by atoms with E-state index < -0.39 is 43.7 Å². The minimum Gasteiger partial charge on any atom is -0.237 e. The molecule has 37 heavy (non-hydrogen) atoms. The maximum absolute atomic E-state index is 14.4. The van der Waals surface area contributed by atoms with E-state index in [-0.39, 0.29) is 35.1 Å². The lowest BCUT2D eigenvalue weighted by Crippen LogP contribution is -2.50. The summed E-state index contributed by atoms with van der Waals surface area (Å²) < 4.78 is 120. The zero-order chi connectivity index (χ0) is 28.0. The summed E-state index contributed by atoms with van der Waals surface area (Å²) in [5, 5.41) is 2.81. The largest absolute Gasteiger partial charge is 0.435 e. The maximum atomic E-state index is 14.4. The number of nitrogens with one attached hydrogen (secondary N) is 1. The molecule has 202 valence electrons. The van der Waals surface area contributed by atoms with Gasteiger partial charge in [0.1, 0.15) is 5.69 Å². The van der Waals surface area contributed by atoms with Crippen LogP contribution in [0.5, 0.6) is 0 Å². The van der Waals surface area contributed by atoms with Gasteiger partial charge < -0.3 is 0 Å². The van der Waals surface area contributed by atoms with Gasteiger partial charge in [-0.15, -0.1) is 0 Å². The van der Waals surface area contributed by atoms with E-state index in [1.165, 1.54) is 25.4 Å². The zero-order valence-corrected chi connectivity index (χ0v) is 21.4. The summed E-state index contributed by atoms with van der Waals surface area (Å²) in [4.78, 5) is 0. The van der Waals surface area contributed by atoms with Gasteiger partial charge in [0.05, 0.1) is 22.0 Å². The highest BCUT2D eigenvalue weighted by atomic mass is 35.5. The molecule has 0 saturated carbocycles. The normalized spacial score (nSPS) is 13.3. The third-order valence-corrected chi connectivity index (χ3v) is 7.54. The van der Waals surface area contributed by atoms with Crippen LogP contribution in [0.3, 0.4) is 0 Å². The molecule has 0 saturated heterocycles. The first-order chi connectivity index (χ1) is 16.9. The van der Waals surface area contributed by atoms with E-state index in [4.69, 9.17) is 34.8 Å². The molecule has 1 aromatic heterocycles. The van der Waals surface area contributed by atoms with Gasteiger partial charge in [0.2, 0.25) is 10.0 Å². The number of hydrogen-bond acceptors (Lipinski definition) is 3. The van der Waals surface area contributed by atoms with Crippen molar-refractivity contribution in [2.24, 2.45) is 0 Å². The molecule has 0 amide bonds. The van der Waals surface area contributed by atoms with Crippen LogP contribution in [0.1, 0.15) is 18.1 Å². The maximum Gasteiger partial charge on any atom is 0.435 e. The fourth-order valence-electron chi connectivity index (χ4n) is 3.25. The Bertz CT molecular complexity index is 1390. The van der Waals surface area contributed by atoms with Crippen LogP contribution in [0.25, 0.3) is 16.8 Å². The first-order valence-electron chi connectivity index (χ1n) is 10.0. The molecule has 0 spiro atoms. The average molecular weight is 613 g/mol. The van der Waals surface area contributed by atoms with Crippen molar-refractivity contribution >= 4 is 44.8 Å². The molecule has 0 aliphatic heterocycles. The summed E-state index contributed by atoms with van der Waals surface area (Å²) >= 11 is 18.0. The van der Waals surface area contributed by atoms with Crippen molar-refractivity contribution in [2.45, 2.75) is 31.5 Å². The van der Waals surface area contributed by atoms with Crippen LogP contribution >= 0.6 is 34.8 Å². The van der Waals surface area contributed by atoms with Crippen LogP contribution in [-0.2, 0) is 22.2 Å². The molecule has 1 heterocycles. The monoisotopic (exact) mass is 611 g/mol. The van der Waals surface area contributed by atoms with Gasteiger partial charge in [0.25, 0.3) is 0 Å². The number of sulfonamides is 1. The lowest BCUT2D eigenvalue weighted by atomic mass is 9.94. The van der Waals surface area contributed by atoms with Gasteiger partial charge >= 0.3 is 18.0 Å². The Morgan fingerprint density at radius 2 is 1.46 bits per heavy atom. The molecule has 1 N–H and O–H groups in total. The number of hydrogen-bond donors (Lipinski definition) is 1. The average Bonchev–Trinajstić information content (AvgIpc) is 3.25. The van der Waals surface area contributed by atoms with Gasteiger partial charge in [-0.2, -0.15) is 31.4 Å². The molecule has 0 radical (unpaired) electrons. The van der Waals surface area contributed by atoms with Crippen LogP contribution in [-0.4, -0.2) is 36.3 Å². The van der Waals surface area contributed by atoms with Crippen LogP contribution in [0.2, 0.25) is 15.1 Å². The first-order valence-corrected chi connectivity index (χ1v) is 12.8. The number of nitrogens with zero attached hydrogens (tertiary/aromatic N) is 2. The molecule has 5 nitrogen and oxygen atoms in total. The Morgan fingerprint density at radius 3 is 1.97 bits per heavy atom. The van der Waals surface area contributed by atoms with Gasteiger partial charge in [-0.3, -0.25) is 0 Å². The van der Waals surface area contributed by atoms with E-state index in [0.717, 1.165) is 4.68 Å². The number of aromatic nitrogens is 2. The lowest BCUT2D eigenvalue weighted by Gasteiger charge is -2.30. The molecule has 0 fully saturated rings. The molecule has 3 aromatic rings. The van der Waals surface area contributed by atoms with Crippen molar-refractivity contribution in [1.82, 2.24) is 14.5 Å². The van der Waals surface area contributed by atoms with Crippen molar-refractivity contribution in [3.8, 4) is 16.8 Å². The molecule has 3 rings (SSSR count). The standard InChI is InChI=1S/C21H15Cl3F7N3O2S/c1-2-37(35,36)33-9-12-5-11(3-4-15(12)22)13-8-32-34(10-13)18-16(23)6-14(7-17(18)24)19(25,20(26,27)28)21(29,30)31/h3-8,10,33H,2,9H2,1H3. The molecule has 0 aliphatic rings. The highest BCUT2D eigenvalue weighted by molar-refractivity contribution is 7.89. The summed E-state index contributed by atoms with van der Waals surface area (Å²) in [5.41, 5.74) is -6.55.